The number of guanidine groups is 1. The molecular formula is C17H32N4O. The number of nitrogens with zero attached hydrogens (tertiary/aromatic N) is 2. The number of unbranched alkanes of at least 4 members (excludes halogenated alkanes) is 1. The topological polar surface area (TPSA) is 56.7 Å². The van der Waals surface area contributed by atoms with E-state index < -0.39 is 0 Å². The summed E-state index contributed by atoms with van der Waals surface area (Å²) in [5.74, 6) is 1.58. The van der Waals surface area contributed by atoms with Crippen LogP contribution in [0.4, 0.5) is 0 Å². The first-order chi connectivity index (χ1) is 10.7. The van der Waals surface area contributed by atoms with Gasteiger partial charge in [0.2, 0.25) is 5.91 Å². The zero-order valence-corrected chi connectivity index (χ0v) is 14.2. The molecule has 22 heavy (non-hydrogen) atoms. The minimum absolute atomic E-state index is 0.296. The highest BCUT2D eigenvalue weighted by molar-refractivity contribution is 5.81. The molecule has 0 aromatic heterocycles. The van der Waals surface area contributed by atoms with Crippen LogP contribution in [-0.2, 0) is 4.79 Å². The van der Waals surface area contributed by atoms with Gasteiger partial charge in [0.15, 0.2) is 5.96 Å². The Morgan fingerprint density at radius 1 is 1.23 bits per heavy atom. The van der Waals surface area contributed by atoms with E-state index in [2.05, 4.69) is 34.4 Å². The Kier molecular flexibility index (Phi) is 7.00. The third kappa shape index (κ3) is 4.89. The van der Waals surface area contributed by atoms with E-state index in [0.29, 0.717) is 17.9 Å². The Morgan fingerprint density at radius 2 is 2.00 bits per heavy atom. The summed E-state index contributed by atoms with van der Waals surface area (Å²) in [7, 11) is 0. The molecule has 0 aromatic rings. The van der Waals surface area contributed by atoms with Crippen LogP contribution < -0.4 is 10.6 Å². The zero-order valence-electron chi connectivity index (χ0n) is 14.2. The number of likely N-dealkylation sites (tertiary alicyclic amines) is 1. The van der Waals surface area contributed by atoms with Crippen LogP contribution in [0, 0.1) is 5.92 Å². The number of hydrogen-bond donors (Lipinski definition) is 2. The second kappa shape index (κ2) is 9.01. The molecule has 1 heterocycles. The van der Waals surface area contributed by atoms with Crippen molar-refractivity contribution in [2.45, 2.75) is 64.8 Å². The molecule has 0 spiro atoms. The van der Waals surface area contributed by atoms with Crippen molar-refractivity contribution in [1.29, 1.82) is 0 Å². The fourth-order valence-corrected chi connectivity index (χ4v) is 3.37. The van der Waals surface area contributed by atoms with Gasteiger partial charge < -0.3 is 15.5 Å². The van der Waals surface area contributed by atoms with E-state index in [0.717, 1.165) is 64.2 Å². The number of carbonyl (C=O) groups excluding carboxylic acids is 1. The zero-order chi connectivity index (χ0) is 15.8. The molecule has 2 fully saturated rings. The quantitative estimate of drug-likeness (QED) is 0.449. The van der Waals surface area contributed by atoms with Crippen molar-refractivity contribution in [1.82, 2.24) is 15.5 Å². The lowest BCUT2D eigenvalue weighted by Crippen LogP contribution is -2.45. The molecule has 1 unspecified atom stereocenters. The van der Waals surface area contributed by atoms with Gasteiger partial charge in [-0.2, -0.15) is 0 Å². The van der Waals surface area contributed by atoms with E-state index in [-0.39, 0.29) is 0 Å². The minimum Gasteiger partial charge on any atom is -0.357 e. The van der Waals surface area contributed by atoms with Gasteiger partial charge in [-0.05, 0) is 32.6 Å². The third-order valence-electron chi connectivity index (χ3n) is 4.67. The van der Waals surface area contributed by atoms with Gasteiger partial charge in [-0.3, -0.25) is 9.79 Å². The SMILES string of the molecule is CCCCN=C(NCC)NC1CCN(C(=O)C2CCCC2)C1. The highest BCUT2D eigenvalue weighted by Gasteiger charge is 2.32. The molecule has 1 aliphatic carbocycles. The summed E-state index contributed by atoms with van der Waals surface area (Å²) in [5, 5.41) is 6.80. The van der Waals surface area contributed by atoms with E-state index >= 15 is 0 Å². The van der Waals surface area contributed by atoms with Crippen molar-refractivity contribution in [2.75, 3.05) is 26.2 Å². The Hall–Kier alpha value is -1.26. The van der Waals surface area contributed by atoms with Crippen molar-refractivity contribution >= 4 is 11.9 Å². The summed E-state index contributed by atoms with van der Waals surface area (Å²) in [6.07, 6.45) is 7.93. The van der Waals surface area contributed by atoms with Crippen molar-refractivity contribution < 1.29 is 4.79 Å². The number of carbonyl (C=O) groups is 1. The fourth-order valence-electron chi connectivity index (χ4n) is 3.37. The first-order valence-corrected chi connectivity index (χ1v) is 9.08. The summed E-state index contributed by atoms with van der Waals surface area (Å²) in [6, 6.07) is 0.338. The normalized spacial score (nSPS) is 23.1. The van der Waals surface area contributed by atoms with Crippen molar-refractivity contribution in [3.05, 3.63) is 0 Å². The minimum atomic E-state index is 0.296. The summed E-state index contributed by atoms with van der Waals surface area (Å²) in [6.45, 7) is 7.72. The van der Waals surface area contributed by atoms with Crippen LogP contribution in [-0.4, -0.2) is 49.0 Å². The largest absolute Gasteiger partial charge is 0.357 e. The van der Waals surface area contributed by atoms with Crippen LogP contribution in [0.3, 0.4) is 0 Å². The molecule has 2 N–H and O–H groups in total. The van der Waals surface area contributed by atoms with Crippen LogP contribution in [0.25, 0.3) is 0 Å². The average molecular weight is 308 g/mol. The molecule has 126 valence electrons. The molecular weight excluding hydrogens is 276 g/mol. The lowest BCUT2D eigenvalue weighted by atomic mass is 10.1. The maximum Gasteiger partial charge on any atom is 0.225 e. The summed E-state index contributed by atoms with van der Waals surface area (Å²) in [5.41, 5.74) is 0. The highest BCUT2D eigenvalue weighted by Crippen LogP contribution is 2.27. The molecule has 2 rings (SSSR count). The molecule has 0 aromatic carbocycles. The van der Waals surface area contributed by atoms with E-state index in [1.165, 1.54) is 12.8 Å². The third-order valence-corrected chi connectivity index (χ3v) is 4.67. The standard InChI is InChI=1S/C17H32N4O/c1-3-5-11-19-17(18-4-2)20-15-10-12-21(13-15)16(22)14-8-6-7-9-14/h14-15H,3-13H2,1-2H3,(H2,18,19,20). The smallest absolute Gasteiger partial charge is 0.225 e. The Morgan fingerprint density at radius 3 is 2.68 bits per heavy atom. The van der Waals surface area contributed by atoms with Crippen LogP contribution >= 0.6 is 0 Å². The van der Waals surface area contributed by atoms with Gasteiger partial charge in [-0.15, -0.1) is 0 Å². The van der Waals surface area contributed by atoms with Gasteiger partial charge in [-0.1, -0.05) is 26.2 Å². The van der Waals surface area contributed by atoms with Gasteiger partial charge in [0.1, 0.15) is 0 Å². The molecule has 1 aliphatic heterocycles. The lowest BCUT2D eigenvalue weighted by Gasteiger charge is -2.21. The molecule has 1 amide bonds. The molecule has 1 atom stereocenters. The van der Waals surface area contributed by atoms with Crippen LogP contribution in [0.2, 0.25) is 0 Å². The molecule has 2 aliphatic rings. The Labute approximate surface area is 134 Å². The van der Waals surface area contributed by atoms with Gasteiger partial charge in [0.25, 0.3) is 0 Å². The van der Waals surface area contributed by atoms with Crippen LogP contribution in [0.5, 0.6) is 0 Å². The van der Waals surface area contributed by atoms with E-state index in [1.54, 1.807) is 0 Å². The number of aliphatic imine (C=N–C) groups is 1. The summed E-state index contributed by atoms with van der Waals surface area (Å²) in [4.78, 5) is 19.1. The van der Waals surface area contributed by atoms with Gasteiger partial charge in [-0.25, -0.2) is 0 Å². The number of rotatable bonds is 6. The predicted octanol–water partition coefficient (Wildman–Crippen LogP) is 2.13. The molecule has 0 radical (unpaired) electrons. The first-order valence-electron chi connectivity index (χ1n) is 9.08. The predicted molar refractivity (Wildman–Crippen MR) is 91.0 cm³/mol. The molecule has 1 saturated carbocycles. The van der Waals surface area contributed by atoms with Crippen molar-refractivity contribution in [3.8, 4) is 0 Å². The first kappa shape index (κ1) is 17.1. The second-order valence-corrected chi connectivity index (χ2v) is 6.51. The number of nitrogens with one attached hydrogen (secondary N) is 2. The monoisotopic (exact) mass is 308 g/mol. The van der Waals surface area contributed by atoms with Crippen molar-refractivity contribution in [2.24, 2.45) is 10.9 Å². The number of hydrogen-bond acceptors (Lipinski definition) is 2. The molecule has 1 saturated heterocycles. The molecule has 5 heteroatoms. The fraction of sp³-hybridized carbons (Fsp3) is 0.882. The number of amides is 1. The van der Waals surface area contributed by atoms with Gasteiger partial charge in [0, 0.05) is 38.1 Å². The van der Waals surface area contributed by atoms with Gasteiger partial charge >= 0.3 is 0 Å². The van der Waals surface area contributed by atoms with E-state index in [4.69, 9.17) is 0 Å². The molecule has 5 nitrogen and oxygen atoms in total. The maximum absolute atomic E-state index is 12.5. The maximum atomic E-state index is 12.5. The second-order valence-electron chi connectivity index (χ2n) is 6.51. The van der Waals surface area contributed by atoms with E-state index in [1.807, 2.05) is 0 Å². The summed E-state index contributed by atoms with van der Waals surface area (Å²) < 4.78 is 0. The lowest BCUT2D eigenvalue weighted by molar-refractivity contribution is -0.134. The molecule has 0 bridgehead atoms. The van der Waals surface area contributed by atoms with Crippen molar-refractivity contribution in [3.63, 3.8) is 0 Å². The average Bonchev–Trinajstić information content (AvgIpc) is 3.18. The summed E-state index contributed by atoms with van der Waals surface area (Å²) >= 11 is 0. The highest BCUT2D eigenvalue weighted by atomic mass is 16.2. The van der Waals surface area contributed by atoms with Crippen LogP contribution in [0.1, 0.15) is 58.8 Å². The Bertz CT molecular complexity index is 377. The van der Waals surface area contributed by atoms with Crippen LogP contribution in [0.15, 0.2) is 4.99 Å². The van der Waals surface area contributed by atoms with E-state index in [9.17, 15) is 4.79 Å². The Balaban J connectivity index is 1.80. The van der Waals surface area contributed by atoms with Gasteiger partial charge in [0.05, 0.1) is 0 Å².